The lowest BCUT2D eigenvalue weighted by atomic mass is 10.5. The Morgan fingerprint density at radius 3 is 3.00 bits per heavy atom. The Balaban J connectivity index is 2.26. The molecule has 1 atom stereocenters. The second kappa shape index (κ2) is 7.89. The summed E-state index contributed by atoms with van der Waals surface area (Å²) >= 11 is 8.19. The second-order valence-electron chi connectivity index (χ2n) is 3.05. The van der Waals surface area contributed by atoms with Crippen LogP contribution < -0.4 is 5.32 Å². The molecule has 0 spiro atoms. The second-order valence-corrected chi connectivity index (χ2v) is 5.66. The maximum atomic E-state index is 9.52. The average molecular weight is 274 g/mol. The summed E-state index contributed by atoms with van der Waals surface area (Å²) in [5.41, 5.74) is 0. The van der Waals surface area contributed by atoms with Gasteiger partial charge in [0.2, 0.25) is 0 Å². The van der Waals surface area contributed by atoms with Crippen molar-refractivity contribution in [1.29, 1.82) is 0 Å². The Labute approximate surface area is 109 Å². The molecule has 1 aromatic rings. The molecule has 0 aromatic carbocycles. The fraction of sp³-hybridized carbons (Fsp3) is 0.400. The molecule has 0 amide bonds. The van der Waals surface area contributed by atoms with Gasteiger partial charge in [-0.2, -0.15) is 11.8 Å². The van der Waals surface area contributed by atoms with Gasteiger partial charge in [0, 0.05) is 17.7 Å². The van der Waals surface area contributed by atoms with Gasteiger partial charge in [0.15, 0.2) is 0 Å². The molecular weight excluding hydrogens is 260 g/mol. The molecule has 0 aliphatic carbocycles. The molecule has 0 bridgehead atoms. The number of thiocarbonyl (C=S) groups is 1. The van der Waals surface area contributed by atoms with Gasteiger partial charge in [-0.15, -0.1) is 0 Å². The fourth-order valence-electron chi connectivity index (χ4n) is 0.990. The number of aliphatic hydroxyl groups excluding tert-OH is 1. The molecule has 16 heavy (non-hydrogen) atoms. The van der Waals surface area contributed by atoms with E-state index in [1.807, 2.05) is 24.5 Å². The minimum absolute atomic E-state index is 0.316. The summed E-state index contributed by atoms with van der Waals surface area (Å²) in [4.78, 5) is 4.10. The van der Waals surface area contributed by atoms with Gasteiger partial charge in [0.25, 0.3) is 0 Å². The molecule has 1 heterocycles. The van der Waals surface area contributed by atoms with Gasteiger partial charge in [-0.25, -0.2) is 4.98 Å². The fourth-order valence-corrected chi connectivity index (χ4v) is 2.59. The van der Waals surface area contributed by atoms with Crippen LogP contribution in [0.25, 0.3) is 0 Å². The molecule has 0 aliphatic rings. The molecule has 3 nitrogen and oxygen atoms in total. The summed E-state index contributed by atoms with van der Waals surface area (Å²) in [5.74, 6) is 2.08. The SMILES string of the molecule is CSCC(O)CSC(=S)Nc1ccccn1. The number of hydrogen-bond donors (Lipinski definition) is 2. The highest BCUT2D eigenvalue weighted by molar-refractivity contribution is 8.23. The van der Waals surface area contributed by atoms with E-state index >= 15 is 0 Å². The number of aliphatic hydroxyl groups is 1. The van der Waals surface area contributed by atoms with E-state index in [1.54, 1.807) is 18.0 Å². The van der Waals surface area contributed by atoms with Crippen LogP contribution >= 0.6 is 35.7 Å². The Morgan fingerprint density at radius 2 is 2.38 bits per heavy atom. The highest BCUT2D eigenvalue weighted by Crippen LogP contribution is 2.11. The first-order chi connectivity index (χ1) is 7.72. The van der Waals surface area contributed by atoms with Crippen molar-refractivity contribution in [3.63, 3.8) is 0 Å². The molecule has 0 fully saturated rings. The van der Waals surface area contributed by atoms with E-state index in [1.165, 1.54) is 11.8 Å². The van der Waals surface area contributed by atoms with Crippen molar-refractivity contribution < 1.29 is 5.11 Å². The third-order valence-corrected chi connectivity index (χ3v) is 3.75. The lowest BCUT2D eigenvalue weighted by Gasteiger charge is -2.09. The molecule has 6 heteroatoms. The summed E-state index contributed by atoms with van der Waals surface area (Å²) in [6.45, 7) is 0. The molecule has 2 N–H and O–H groups in total. The van der Waals surface area contributed by atoms with Crippen molar-refractivity contribution in [1.82, 2.24) is 4.98 Å². The third kappa shape index (κ3) is 5.69. The number of anilines is 1. The van der Waals surface area contributed by atoms with E-state index in [9.17, 15) is 5.11 Å². The number of rotatable bonds is 5. The number of aromatic nitrogens is 1. The zero-order chi connectivity index (χ0) is 11.8. The Bertz CT molecular complexity index is 321. The van der Waals surface area contributed by atoms with E-state index in [4.69, 9.17) is 12.2 Å². The van der Waals surface area contributed by atoms with Gasteiger partial charge in [-0.3, -0.25) is 0 Å². The van der Waals surface area contributed by atoms with E-state index < -0.39 is 0 Å². The largest absolute Gasteiger partial charge is 0.391 e. The van der Waals surface area contributed by atoms with E-state index in [0.29, 0.717) is 10.1 Å². The highest BCUT2D eigenvalue weighted by Gasteiger charge is 2.06. The van der Waals surface area contributed by atoms with E-state index in [-0.39, 0.29) is 6.10 Å². The molecule has 0 saturated heterocycles. The summed E-state index contributed by atoms with van der Waals surface area (Å²) < 4.78 is 0.638. The first kappa shape index (κ1) is 13.8. The smallest absolute Gasteiger partial charge is 0.139 e. The lowest BCUT2D eigenvalue weighted by Crippen LogP contribution is -2.16. The normalized spacial score (nSPS) is 12.1. The van der Waals surface area contributed by atoms with Crippen LogP contribution in [-0.4, -0.2) is 38.3 Å². The maximum Gasteiger partial charge on any atom is 0.139 e. The number of hydrogen-bond acceptors (Lipinski definition) is 5. The van der Waals surface area contributed by atoms with Gasteiger partial charge in [-0.1, -0.05) is 30.0 Å². The molecule has 0 aliphatic heterocycles. The van der Waals surface area contributed by atoms with Crippen molar-refractivity contribution in [2.45, 2.75) is 6.10 Å². The number of thioether (sulfide) groups is 2. The van der Waals surface area contributed by atoms with Crippen LogP contribution in [0.5, 0.6) is 0 Å². The third-order valence-electron chi connectivity index (χ3n) is 1.66. The van der Waals surface area contributed by atoms with Gasteiger partial charge in [-0.05, 0) is 18.4 Å². The van der Waals surface area contributed by atoms with Gasteiger partial charge >= 0.3 is 0 Å². The molecule has 1 rings (SSSR count). The molecule has 88 valence electrons. The molecule has 0 radical (unpaired) electrons. The predicted molar refractivity (Wildman–Crippen MR) is 77.3 cm³/mol. The monoisotopic (exact) mass is 274 g/mol. The Morgan fingerprint density at radius 1 is 1.56 bits per heavy atom. The van der Waals surface area contributed by atoms with Crippen LogP contribution in [0.1, 0.15) is 0 Å². The van der Waals surface area contributed by atoms with Crippen LogP contribution in [0.2, 0.25) is 0 Å². The van der Waals surface area contributed by atoms with Crippen LogP contribution in [-0.2, 0) is 0 Å². The van der Waals surface area contributed by atoms with Gasteiger partial charge in [0.1, 0.15) is 10.1 Å². The van der Waals surface area contributed by atoms with E-state index in [0.717, 1.165) is 11.6 Å². The zero-order valence-corrected chi connectivity index (χ0v) is 11.4. The van der Waals surface area contributed by atoms with Crippen LogP contribution in [0.15, 0.2) is 24.4 Å². The van der Waals surface area contributed by atoms with Crippen molar-refractivity contribution in [2.75, 3.05) is 23.1 Å². The van der Waals surface area contributed by atoms with Gasteiger partial charge in [0.05, 0.1) is 6.10 Å². The Kier molecular flexibility index (Phi) is 6.79. The molecule has 0 saturated carbocycles. The molecule has 1 aromatic heterocycles. The van der Waals surface area contributed by atoms with E-state index in [2.05, 4.69) is 10.3 Å². The van der Waals surface area contributed by atoms with Crippen molar-refractivity contribution in [2.24, 2.45) is 0 Å². The summed E-state index contributed by atoms with van der Waals surface area (Å²) in [7, 11) is 0. The minimum Gasteiger partial charge on any atom is -0.391 e. The van der Waals surface area contributed by atoms with Gasteiger partial charge < -0.3 is 10.4 Å². The van der Waals surface area contributed by atoms with Crippen LogP contribution in [0, 0.1) is 0 Å². The van der Waals surface area contributed by atoms with Crippen LogP contribution in [0.3, 0.4) is 0 Å². The molecular formula is C10H14N2OS3. The summed E-state index contributed by atoms with van der Waals surface area (Å²) in [6, 6.07) is 5.60. The quantitative estimate of drug-likeness (QED) is 0.803. The van der Waals surface area contributed by atoms with Crippen molar-refractivity contribution in [3.8, 4) is 0 Å². The minimum atomic E-state index is -0.316. The van der Waals surface area contributed by atoms with Crippen molar-refractivity contribution in [3.05, 3.63) is 24.4 Å². The first-order valence-corrected chi connectivity index (χ1v) is 7.53. The topological polar surface area (TPSA) is 45.1 Å². The number of nitrogens with one attached hydrogen (secondary N) is 1. The highest BCUT2D eigenvalue weighted by atomic mass is 32.2. The molecule has 1 unspecified atom stereocenters. The zero-order valence-electron chi connectivity index (χ0n) is 8.92. The maximum absolute atomic E-state index is 9.52. The standard InChI is InChI=1S/C10H14N2OS3/c1-15-6-8(13)7-16-10(14)12-9-4-2-3-5-11-9/h2-5,8,13H,6-7H2,1H3,(H,11,12,14). The average Bonchev–Trinajstić information content (AvgIpc) is 2.28. The Hall–Kier alpha value is -0.300. The lowest BCUT2D eigenvalue weighted by molar-refractivity contribution is 0.225. The van der Waals surface area contributed by atoms with Crippen molar-refractivity contribution >= 4 is 45.9 Å². The number of nitrogens with zero attached hydrogens (tertiary/aromatic N) is 1. The van der Waals surface area contributed by atoms with Crippen LogP contribution in [0.4, 0.5) is 5.82 Å². The predicted octanol–water partition coefficient (Wildman–Crippen LogP) is 2.24. The summed E-state index contributed by atoms with van der Waals surface area (Å²) in [6.07, 6.45) is 3.36. The first-order valence-electron chi connectivity index (χ1n) is 4.74. The number of pyridine rings is 1. The summed E-state index contributed by atoms with van der Waals surface area (Å²) in [5, 5.41) is 12.5.